The first kappa shape index (κ1) is 16.4. The van der Waals surface area contributed by atoms with Crippen molar-refractivity contribution in [3.63, 3.8) is 0 Å². The fourth-order valence-corrected chi connectivity index (χ4v) is 3.74. The highest BCUT2D eigenvalue weighted by Crippen LogP contribution is 2.38. The molecule has 118 valence electrons. The zero-order chi connectivity index (χ0) is 15.5. The summed E-state index contributed by atoms with van der Waals surface area (Å²) in [5, 5.41) is 3.53. The van der Waals surface area contributed by atoms with Gasteiger partial charge >= 0.3 is 0 Å². The Hall–Kier alpha value is -0.930. The lowest BCUT2D eigenvalue weighted by Crippen LogP contribution is -2.45. The van der Waals surface area contributed by atoms with Crippen molar-refractivity contribution in [1.29, 1.82) is 0 Å². The average Bonchev–Trinajstić information content (AvgIpc) is 2.37. The lowest BCUT2D eigenvalue weighted by atomic mass is 9.70. The number of nitrogens with one attached hydrogen (secondary N) is 1. The molecule has 2 rings (SSSR count). The van der Waals surface area contributed by atoms with Crippen LogP contribution in [0.3, 0.4) is 0 Å². The number of hydrogen-bond acceptors (Lipinski definition) is 3. The van der Waals surface area contributed by atoms with Crippen molar-refractivity contribution in [2.45, 2.75) is 52.6 Å². The minimum atomic E-state index is 0.487. The van der Waals surface area contributed by atoms with Crippen molar-refractivity contribution in [2.24, 2.45) is 11.3 Å². The summed E-state index contributed by atoms with van der Waals surface area (Å²) >= 11 is 0. The Balaban J connectivity index is 1.95. The standard InChI is InChI=1S/C18H31N3/c1-14-7-6-8-16(20-14)13-21(5)12-15-11-18(2,3)10-9-17(15)19-4/h6-8,15,17,19H,9-13H2,1-5H3. The Labute approximate surface area is 130 Å². The highest BCUT2D eigenvalue weighted by atomic mass is 15.1. The van der Waals surface area contributed by atoms with Crippen LogP contribution in [0.5, 0.6) is 0 Å². The molecule has 1 heterocycles. The van der Waals surface area contributed by atoms with E-state index in [0.717, 1.165) is 24.7 Å². The Kier molecular flexibility index (Phi) is 5.39. The zero-order valence-corrected chi connectivity index (χ0v) is 14.3. The quantitative estimate of drug-likeness (QED) is 0.902. The lowest BCUT2D eigenvalue weighted by molar-refractivity contribution is 0.110. The molecule has 0 aromatic carbocycles. The molecule has 0 bridgehead atoms. The number of rotatable bonds is 5. The summed E-state index contributed by atoms with van der Waals surface area (Å²) in [6.45, 7) is 8.96. The summed E-state index contributed by atoms with van der Waals surface area (Å²) in [6, 6.07) is 6.95. The average molecular weight is 289 g/mol. The van der Waals surface area contributed by atoms with Gasteiger partial charge in [-0.3, -0.25) is 4.98 Å². The molecule has 21 heavy (non-hydrogen) atoms. The first-order valence-electron chi connectivity index (χ1n) is 8.18. The summed E-state index contributed by atoms with van der Waals surface area (Å²) in [7, 11) is 4.33. The third kappa shape index (κ3) is 4.79. The monoisotopic (exact) mass is 289 g/mol. The van der Waals surface area contributed by atoms with Crippen molar-refractivity contribution < 1.29 is 0 Å². The van der Waals surface area contributed by atoms with E-state index >= 15 is 0 Å². The first-order chi connectivity index (χ1) is 9.89. The molecular formula is C18H31N3. The normalized spacial score (nSPS) is 25.2. The van der Waals surface area contributed by atoms with E-state index in [1.165, 1.54) is 25.0 Å². The number of nitrogens with zero attached hydrogens (tertiary/aromatic N) is 2. The SMILES string of the molecule is CNC1CCC(C)(C)CC1CN(C)Cc1cccc(C)n1. The maximum absolute atomic E-state index is 4.62. The third-order valence-corrected chi connectivity index (χ3v) is 4.81. The molecule has 2 unspecified atom stereocenters. The van der Waals surface area contributed by atoms with Crippen LogP contribution < -0.4 is 5.32 Å². The third-order valence-electron chi connectivity index (χ3n) is 4.81. The van der Waals surface area contributed by atoms with Crippen LogP contribution in [0.1, 0.15) is 44.5 Å². The number of aryl methyl sites for hydroxylation is 1. The van der Waals surface area contributed by atoms with Crippen molar-refractivity contribution in [3.05, 3.63) is 29.6 Å². The van der Waals surface area contributed by atoms with Crippen LogP contribution in [0.4, 0.5) is 0 Å². The second-order valence-electron chi connectivity index (χ2n) is 7.53. The van der Waals surface area contributed by atoms with Gasteiger partial charge in [0.2, 0.25) is 0 Å². The zero-order valence-electron chi connectivity index (χ0n) is 14.3. The smallest absolute Gasteiger partial charge is 0.0547 e. The lowest BCUT2D eigenvalue weighted by Gasteiger charge is -2.42. The van der Waals surface area contributed by atoms with Crippen molar-refractivity contribution in [3.8, 4) is 0 Å². The summed E-state index contributed by atoms with van der Waals surface area (Å²) in [6.07, 6.45) is 3.94. The highest BCUT2D eigenvalue weighted by Gasteiger charge is 2.34. The van der Waals surface area contributed by atoms with E-state index in [2.05, 4.69) is 68.3 Å². The molecule has 1 fully saturated rings. The van der Waals surface area contributed by atoms with Gasteiger partial charge in [0.1, 0.15) is 0 Å². The molecular weight excluding hydrogens is 258 g/mol. The Morgan fingerprint density at radius 2 is 2.14 bits per heavy atom. The van der Waals surface area contributed by atoms with E-state index in [9.17, 15) is 0 Å². The van der Waals surface area contributed by atoms with E-state index < -0.39 is 0 Å². The molecule has 1 aromatic rings. The highest BCUT2D eigenvalue weighted by molar-refractivity contribution is 5.09. The molecule has 0 spiro atoms. The molecule has 0 radical (unpaired) electrons. The molecule has 0 saturated heterocycles. The van der Waals surface area contributed by atoms with Crippen LogP contribution in [-0.2, 0) is 6.54 Å². The van der Waals surface area contributed by atoms with Gasteiger partial charge in [0.25, 0.3) is 0 Å². The van der Waals surface area contributed by atoms with E-state index in [1.807, 2.05) is 0 Å². The minimum Gasteiger partial charge on any atom is -0.317 e. The number of aromatic nitrogens is 1. The van der Waals surface area contributed by atoms with Gasteiger partial charge in [-0.05, 0) is 63.7 Å². The van der Waals surface area contributed by atoms with E-state index in [-0.39, 0.29) is 0 Å². The molecule has 0 amide bonds. The van der Waals surface area contributed by atoms with E-state index in [1.54, 1.807) is 0 Å². The van der Waals surface area contributed by atoms with E-state index in [4.69, 9.17) is 0 Å². The second kappa shape index (κ2) is 6.89. The molecule has 3 nitrogen and oxygen atoms in total. The van der Waals surface area contributed by atoms with E-state index in [0.29, 0.717) is 11.5 Å². The van der Waals surface area contributed by atoms with Crippen molar-refractivity contribution in [1.82, 2.24) is 15.2 Å². The van der Waals surface area contributed by atoms with Crippen LogP contribution in [0, 0.1) is 18.3 Å². The predicted octanol–water partition coefficient (Wildman–Crippen LogP) is 3.24. The number of pyridine rings is 1. The molecule has 1 saturated carbocycles. The molecule has 3 heteroatoms. The topological polar surface area (TPSA) is 28.2 Å². The summed E-state index contributed by atoms with van der Waals surface area (Å²) in [5.74, 6) is 0.730. The van der Waals surface area contributed by atoms with Crippen molar-refractivity contribution in [2.75, 3.05) is 20.6 Å². The van der Waals surface area contributed by atoms with Gasteiger partial charge in [-0.15, -0.1) is 0 Å². The van der Waals surface area contributed by atoms with Gasteiger partial charge in [0, 0.05) is 24.8 Å². The van der Waals surface area contributed by atoms with Gasteiger partial charge in [0.15, 0.2) is 0 Å². The fraction of sp³-hybridized carbons (Fsp3) is 0.722. The Morgan fingerprint density at radius 3 is 2.81 bits per heavy atom. The second-order valence-corrected chi connectivity index (χ2v) is 7.53. The molecule has 1 aliphatic rings. The molecule has 1 aromatic heterocycles. The fourth-order valence-electron chi connectivity index (χ4n) is 3.74. The molecule has 1 aliphatic carbocycles. The van der Waals surface area contributed by atoms with Gasteiger partial charge < -0.3 is 10.2 Å². The molecule has 2 atom stereocenters. The van der Waals surface area contributed by atoms with Crippen molar-refractivity contribution >= 4 is 0 Å². The summed E-state index contributed by atoms with van der Waals surface area (Å²) in [5.41, 5.74) is 2.77. The van der Waals surface area contributed by atoms with Gasteiger partial charge in [-0.25, -0.2) is 0 Å². The minimum absolute atomic E-state index is 0.487. The van der Waals surface area contributed by atoms with Crippen LogP contribution in [0.15, 0.2) is 18.2 Å². The molecule has 0 aliphatic heterocycles. The maximum Gasteiger partial charge on any atom is 0.0547 e. The Bertz CT molecular complexity index is 456. The maximum atomic E-state index is 4.62. The van der Waals surface area contributed by atoms with Gasteiger partial charge in [0.05, 0.1) is 5.69 Å². The molecule has 1 N–H and O–H groups in total. The predicted molar refractivity (Wildman–Crippen MR) is 89.3 cm³/mol. The summed E-state index contributed by atoms with van der Waals surface area (Å²) < 4.78 is 0. The Morgan fingerprint density at radius 1 is 1.38 bits per heavy atom. The summed E-state index contributed by atoms with van der Waals surface area (Å²) in [4.78, 5) is 7.05. The van der Waals surface area contributed by atoms with Crippen LogP contribution in [-0.4, -0.2) is 36.6 Å². The first-order valence-corrected chi connectivity index (χ1v) is 8.18. The van der Waals surface area contributed by atoms with Crippen LogP contribution in [0.25, 0.3) is 0 Å². The van der Waals surface area contributed by atoms with Crippen LogP contribution >= 0.6 is 0 Å². The van der Waals surface area contributed by atoms with Crippen LogP contribution in [0.2, 0.25) is 0 Å². The number of hydrogen-bond donors (Lipinski definition) is 1. The van der Waals surface area contributed by atoms with Gasteiger partial charge in [-0.2, -0.15) is 0 Å². The van der Waals surface area contributed by atoms with Gasteiger partial charge in [-0.1, -0.05) is 19.9 Å². The largest absolute Gasteiger partial charge is 0.317 e.